The third-order valence-corrected chi connectivity index (χ3v) is 12.3. The van der Waals surface area contributed by atoms with Crippen LogP contribution in [0.4, 0.5) is 0 Å². The van der Waals surface area contributed by atoms with Crippen molar-refractivity contribution in [1.82, 2.24) is 42.2 Å². The maximum absolute atomic E-state index is 14.2. The maximum atomic E-state index is 14.2. The quantitative estimate of drug-likeness (QED) is 0.210. The first-order valence-corrected chi connectivity index (χ1v) is 21.3. The summed E-state index contributed by atoms with van der Waals surface area (Å²) in [7, 11) is 0. The van der Waals surface area contributed by atoms with Gasteiger partial charge in [-0.2, -0.15) is 0 Å². The second-order valence-electron chi connectivity index (χ2n) is 16.5. The number of carbonyl (C=O) groups is 6. The van der Waals surface area contributed by atoms with Gasteiger partial charge in [0.25, 0.3) is 0 Å². The van der Waals surface area contributed by atoms with Crippen LogP contribution in [0.2, 0.25) is 0 Å². The van der Waals surface area contributed by atoms with E-state index >= 15 is 0 Å². The van der Waals surface area contributed by atoms with Crippen molar-refractivity contribution in [3.05, 3.63) is 29.3 Å². The van der Waals surface area contributed by atoms with Crippen LogP contribution >= 0.6 is 23.1 Å². The Balaban J connectivity index is 1.75. The molecule has 6 amide bonds. The maximum Gasteiger partial charge on any atom is 0.243 e. The summed E-state index contributed by atoms with van der Waals surface area (Å²) in [6.45, 7) is 18.7. The van der Waals surface area contributed by atoms with Gasteiger partial charge >= 0.3 is 0 Å². The van der Waals surface area contributed by atoms with Gasteiger partial charge in [0.2, 0.25) is 35.4 Å². The van der Waals surface area contributed by atoms with Crippen molar-refractivity contribution < 1.29 is 28.8 Å². The molecule has 0 radical (unpaired) electrons. The average Bonchev–Trinajstić information content (AvgIpc) is 3.76. The average molecular weight is 801 g/mol. The molecule has 55 heavy (non-hydrogen) atoms. The van der Waals surface area contributed by atoms with Gasteiger partial charge in [0.15, 0.2) is 0 Å². The van der Waals surface area contributed by atoms with E-state index in [0.717, 1.165) is 10.2 Å². The number of hydrogen-bond donors (Lipinski definition) is 7. The fraction of sp³-hybridized carbons (Fsp3) is 0.667. The molecule has 0 aliphatic carbocycles. The summed E-state index contributed by atoms with van der Waals surface area (Å²) in [6.07, 6.45) is 0.289. The predicted molar refractivity (Wildman–Crippen MR) is 217 cm³/mol. The van der Waals surface area contributed by atoms with E-state index in [4.69, 9.17) is 4.98 Å². The highest BCUT2D eigenvalue weighted by molar-refractivity contribution is 8.00. The van der Waals surface area contributed by atoms with Gasteiger partial charge in [-0.05, 0) is 48.1 Å². The molecule has 2 fully saturated rings. The molecule has 0 saturated carbocycles. The number of thiazole rings is 1. The van der Waals surface area contributed by atoms with Crippen molar-refractivity contribution in [3.8, 4) is 0 Å². The molecule has 3 heterocycles. The number of benzene rings is 1. The number of thioether (sulfide) groups is 1. The number of hydrogen-bond acceptors (Lipinski definition) is 10. The van der Waals surface area contributed by atoms with Crippen LogP contribution in [0.3, 0.4) is 0 Å². The first kappa shape index (κ1) is 44.0. The van der Waals surface area contributed by atoms with Gasteiger partial charge in [0.1, 0.15) is 30.2 Å². The van der Waals surface area contributed by atoms with E-state index in [1.165, 1.54) is 23.1 Å². The Bertz CT molecular complexity index is 1660. The molecule has 16 heteroatoms. The monoisotopic (exact) mass is 800 g/mol. The van der Waals surface area contributed by atoms with Gasteiger partial charge in [-0.15, -0.1) is 23.1 Å². The van der Waals surface area contributed by atoms with E-state index in [1.807, 2.05) is 79.7 Å². The Hall–Kier alpha value is -3.76. The van der Waals surface area contributed by atoms with E-state index in [-0.39, 0.29) is 59.6 Å². The van der Waals surface area contributed by atoms with Crippen LogP contribution in [0.5, 0.6) is 0 Å². The first-order chi connectivity index (χ1) is 25.9. The van der Waals surface area contributed by atoms with Crippen molar-refractivity contribution in [1.29, 1.82) is 0 Å². The molecule has 14 nitrogen and oxygen atoms in total. The summed E-state index contributed by atoms with van der Waals surface area (Å²) >= 11 is 2.90. The third-order valence-electron chi connectivity index (χ3n) is 9.91. The van der Waals surface area contributed by atoms with E-state index < -0.39 is 65.9 Å². The van der Waals surface area contributed by atoms with Crippen LogP contribution in [0.15, 0.2) is 24.3 Å². The van der Waals surface area contributed by atoms with E-state index in [9.17, 15) is 28.8 Å². The summed E-state index contributed by atoms with van der Waals surface area (Å²) in [4.78, 5) is 88.5. The Morgan fingerprint density at radius 2 is 1.13 bits per heavy atom. The number of nitrogens with zero attached hydrogens (tertiary/aromatic N) is 1. The number of nitrogens with one attached hydrogen (secondary N) is 7. The fourth-order valence-electron chi connectivity index (χ4n) is 6.68. The van der Waals surface area contributed by atoms with Crippen molar-refractivity contribution in [2.45, 2.75) is 130 Å². The minimum atomic E-state index is -1.15. The molecule has 2 aromatic rings. The van der Waals surface area contributed by atoms with Crippen LogP contribution < -0.4 is 37.2 Å². The summed E-state index contributed by atoms with van der Waals surface area (Å²) in [5.41, 5.74) is 0.760. The highest BCUT2D eigenvalue weighted by Crippen LogP contribution is 2.26. The lowest BCUT2D eigenvalue weighted by atomic mass is 9.97. The molecule has 2 saturated heterocycles. The highest BCUT2D eigenvalue weighted by atomic mass is 32.2. The second kappa shape index (κ2) is 19.4. The van der Waals surface area contributed by atoms with E-state index in [0.29, 0.717) is 10.8 Å². The molecule has 1 aromatic heterocycles. The number of amides is 6. The van der Waals surface area contributed by atoms with Crippen LogP contribution in [0.25, 0.3) is 10.2 Å². The zero-order chi connectivity index (χ0) is 40.7. The largest absolute Gasteiger partial charge is 0.349 e. The molecule has 0 spiro atoms. The molecule has 7 N–H and O–H groups in total. The first-order valence-electron chi connectivity index (χ1n) is 19.4. The Kier molecular flexibility index (Phi) is 15.5. The lowest BCUT2D eigenvalue weighted by Gasteiger charge is -2.32. The van der Waals surface area contributed by atoms with E-state index in [2.05, 4.69) is 37.2 Å². The van der Waals surface area contributed by atoms with Crippen molar-refractivity contribution in [2.24, 2.45) is 29.6 Å². The minimum absolute atomic E-state index is 0.0280. The van der Waals surface area contributed by atoms with Gasteiger partial charge in [0, 0.05) is 12.2 Å². The standard InChI is InChI=1S/C39H60N8O6S2/c1-18(2)15-24-34(49)44-30(20(5)6)37(52)46-31(21(7)8)38(53)47-32(22(9)10)39-43-26(17-54-39)35(50)45-29(19(3)4)36(51)42-25(33(48)41-24)16-28-40-23-13-11-12-14-27(23)55-28/h11-14,18-22,24-26,29-32,39,43H,15-17H2,1-10H3,(H,41,48)(H,42,51)(H,44,49)(H,45,50)(H,46,52)(H,47,53)/t24-,25+,26+,29-,30+,31-,32+,39?/m1/s1. The molecule has 2 aliphatic rings. The van der Waals surface area contributed by atoms with Gasteiger partial charge in [0.05, 0.1) is 32.7 Å². The molecule has 2 bridgehead atoms. The van der Waals surface area contributed by atoms with Crippen LogP contribution in [-0.4, -0.2) is 93.8 Å². The molecule has 304 valence electrons. The highest BCUT2D eigenvalue weighted by Gasteiger charge is 2.41. The number of para-hydroxylation sites is 1. The summed E-state index contributed by atoms with van der Waals surface area (Å²) in [5, 5.41) is 21.2. The van der Waals surface area contributed by atoms with Crippen molar-refractivity contribution >= 4 is 68.8 Å². The molecular weight excluding hydrogens is 741 g/mol. The van der Waals surface area contributed by atoms with Gasteiger partial charge in [-0.25, -0.2) is 4.98 Å². The smallest absolute Gasteiger partial charge is 0.243 e. The predicted octanol–water partition coefficient (Wildman–Crippen LogP) is 2.46. The van der Waals surface area contributed by atoms with E-state index in [1.54, 1.807) is 13.8 Å². The molecule has 2 aliphatic heterocycles. The summed E-state index contributed by atoms with van der Waals surface area (Å²) in [5.74, 6) is -3.65. The lowest BCUT2D eigenvalue weighted by Crippen LogP contribution is -2.61. The number of aromatic nitrogens is 1. The van der Waals surface area contributed by atoms with Crippen LogP contribution in [0.1, 0.15) is 80.7 Å². The minimum Gasteiger partial charge on any atom is -0.349 e. The fourth-order valence-corrected chi connectivity index (χ4v) is 9.19. The number of carbonyl (C=O) groups excluding carboxylic acids is 6. The summed E-state index contributed by atoms with van der Waals surface area (Å²) in [6, 6.07) is 1.41. The van der Waals surface area contributed by atoms with Gasteiger partial charge in [-0.1, -0.05) is 81.4 Å². The lowest BCUT2D eigenvalue weighted by molar-refractivity contribution is -0.136. The van der Waals surface area contributed by atoms with Gasteiger partial charge < -0.3 is 31.9 Å². The normalized spacial score (nSPS) is 28.2. The zero-order valence-electron chi connectivity index (χ0n) is 33.6. The second-order valence-corrected chi connectivity index (χ2v) is 18.8. The van der Waals surface area contributed by atoms with Crippen molar-refractivity contribution in [2.75, 3.05) is 5.75 Å². The van der Waals surface area contributed by atoms with Gasteiger partial charge in [-0.3, -0.25) is 34.1 Å². The Morgan fingerprint density at radius 1 is 0.618 bits per heavy atom. The Labute approximate surface area is 333 Å². The summed E-state index contributed by atoms with van der Waals surface area (Å²) < 4.78 is 0.922. The van der Waals surface area contributed by atoms with Crippen LogP contribution in [-0.2, 0) is 35.2 Å². The number of rotatable bonds is 8. The molecular formula is C39H60N8O6S2. The molecule has 8 atom stereocenters. The third kappa shape index (κ3) is 11.6. The Morgan fingerprint density at radius 3 is 1.69 bits per heavy atom. The van der Waals surface area contributed by atoms with Crippen LogP contribution in [0, 0.1) is 29.6 Å². The zero-order valence-corrected chi connectivity index (χ0v) is 35.3. The molecule has 4 rings (SSSR count). The molecule has 1 aromatic carbocycles. The van der Waals surface area contributed by atoms with Crippen molar-refractivity contribution in [3.63, 3.8) is 0 Å². The number of fused-ring (bicyclic) bond motifs is 3. The topological polar surface area (TPSA) is 200 Å². The molecule has 1 unspecified atom stereocenters. The SMILES string of the molecule is CC(C)C[C@H]1NC(=O)[C@H](Cc2nc3ccccc3s2)NC(=O)[C@@H](C(C)C)NC(=O)[C@@H]2CSC(N2)[C@H](C(C)C)NC(=O)[C@@H](C(C)C)NC(=O)[C@H](C(C)C)NC1=O.